The predicted molar refractivity (Wildman–Crippen MR) is 117 cm³/mol. The molecule has 1 aliphatic heterocycles. The first kappa shape index (κ1) is 20.8. The normalized spacial score (nSPS) is 17.0. The number of nitrogens with zero attached hydrogens (tertiary/aromatic N) is 3. The highest BCUT2D eigenvalue weighted by Gasteiger charge is 2.23. The van der Waals surface area contributed by atoms with Gasteiger partial charge >= 0.3 is 0 Å². The third kappa shape index (κ3) is 4.63. The summed E-state index contributed by atoms with van der Waals surface area (Å²) in [5.74, 6) is -0.415. The van der Waals surface area contributed by atoms with Gasteiger partial charge in [-0.2, -0.15) is 5.01 Å². The number of carbonyl (C=O) groups excluding carboxylic acids is 1. The van der Waals surface area contributed by atoms with Crippen molar-refractivity contribution in [3.63, 3.8) is 0 Å². The van der Waals surface area contributed by atoms with Crippen LogP contribution in [0.5, 0.6) is 0 Å². The maximum atomic E-state index is 12.8. The van der Waals surface area contributed by atoms with E-state index in [1.807, 2.05) is 24.3 Å². The Morgan fingerprint density at radius 1 is 0.967 bits per heavy atom. The van der Waals surface area contributed by atoms with E-state index in [1.165, 1.54) is 6.20 Å². The number of hydrogen-bond donors (Lipinski definition) is 2. The number of carbonyl (C=O) groups is 1. The van der Waals surface area contributed by atoms with Crippen molar-refractivity contribution in [2.24, 2.45) is 0 Å². The molecule has 154 valence electrons. The Bertz CT molecular complexity index is 1040. The summed E-state index contributed by atoms with van der Waals surface area (Å²) >= 11 is 12.0. The van der Waals surface area contributed by atoms with Gasteiger partial charge in [-0.1, -0.05) is 47.5 Å². The van der Waals surface area contributed by atoms with Crippen molar-refractivity contribution in [3.05, 3.63) is 70.5 Å². The average Bonchev–Trinajstić information content (AvgIpc) is 2.76. The molecule has 8 heteroatoms. The second-order valence-corrected chi connectivity index (χ2v) is 7.95. The molecule has 1 atom stereocenters. The molecule has 0 aliphatic carbocycles. The second-order valence-electron chi connectivity index (χ2n) is 7.08. The van der Waals surface area contributed by atoms with Crippen LogP contribution < -0.4 is 5.43 Å². The Labute approximate surface area is 184 Å². The van der Waals surface area contributed by atoms with Crippen LogP contribution in [0, 0.1) is 0 Å². The lowest BCUT2D eigenvalue weighted by molar-refractivity contribution is -0.0505. The number of aromatic nitrogens is 2. The number of hydrazine groups is 1. The Morgan fingerprint density at radius 3 is 2.17 bits per heavy atom. The number of benzene rings is 2. The van der Waals surface area contributed by atoms with E-state index in [0.717, 1.165) is 24.0 Å². The molecule has 1 aliphatic rings. The summed E-state index contributed by atoms with van der Waals surface area (Å²) in [6.45, 7) is 0.591. The fraction of sp³-hybridized carbons (Fsp3) is 0.227. The summed E-state index contributed by atoms with van der Waals surface area (Å²) in [6, 6.07) is 14.5. The van der Waals surface area contributed by atoms with Gasteiger partial charge in [0, 0.05) is 27.7 Å². The Hall–Kier alpha value is -2.51. The van der Waals surface area contributed by atoms with Crippen LogP contribution in [0.25, 0.3) is 22.5 Å². The van der Waals surface area contributed by atoms with E-state index in [2.05, 4.69) is 15.4 Å². The number of aliphatic hydroxyl groups excluding tert-OH is 1. The summed E-state index contributed by atoms with van der Waals surface area (Å²) in [4.78, 5) is 21.9. The highest BCUT2D eigenvalue weighted by atomic mass is 35.5. The number of nitrogens with one attached hydrogen (secondary N) is 1. The monoisotopic (exact) mass is 442 g/mol. The van der Waals surface area contributed by atoms with Gasteiger partial charge < -0.3 is 5.11 Å². The van der Waals surface area contributed by atoms with Crippen molar-refractivity contribution in [3.8, 4) is 22.5 Å². The highest BCUT2D eigenvalue weighted by Crippen LogP contribution is 2.30. The van der Waals surface area contributed by atoms with E-state index in [1.54, 1.807) is 29.3 Å². The van der Waals surface area contributed by atoms with E-state index in [0.29, 0.717) is 34.4 Å². The van der Waals surface area contributed by atoms with Crippen molar-refractivity contribution in [2.75, 3.05) is 6.54 Å². The first-order chi connectivity index (χ1) is 14.5. The molecule has 1 fully saturated rings. The van der Waals surface area contributed by atoms with Crippen LogP contribution in [0.15, 0.2) is 54.7 Å². The molecular formula is C22H20Cl2N4O2. The number of amides is 1. The average molecular weight is 443 g/mol. The lowest BCUT2D eigenvalue weighted by atomic mass is 10.0. The minimum absolute atomic E-state index is 0.162. The highest BCUT2D eigenvalue weighted by molar-refractivity contribution is 6.31. The van der Waals surface area contributed by atoms with Crippen LogP contribution in [0.2, 0.25) is 10.0 Å². The van der Waals surface area contributed by atoms with Gasteiger partial charge in [0.05, 0.1) is 17.6 Å². The fourth-order valence-electron chi connectivity index (χ4n) is 3.36. The minimum Gasteiger partial charge on any atom is -0.377 e. The number of piperidine rings is 1. The molecule has 1 unspecified atom stereocenters. The largest absolute Gasteiger partial charge is 0.377 e. The molecule has 0 bridgehead atoms. The Balaban J connectivity index is 1.71. The summed E-state index contributed by atoms with van der Waals surface area (Å²) in [7, 11) is 0. The Morgan fingerprint density at radius 2 is 1.57 bits per heavy atom. The van der Waals surface area contributed by atoms with E-state index in [9.17, 15) is 9.90 Å². The maximum absolute atomic E-state index is 12.8. The van der Waals surface area contributed by atoms with Gasteiger partial charge in [-0.05, 0) is 43.5 Å². The van der Waals surface area contributed by atoms with E-state index >= 15 is 0 Å². The zero-order valence-electron chi connectivity index (χ0n) is 16.1. The molecule has 1 amide bonds. The van der Waals surface area contributed by atoms with Crippen LogP contribution in [-0.2, 0) is 0 Å². The van der Waals surface area contributed by atoms with Gasteiger partial charge in [0.1, 0.15) is 11.9 Å². The fourth-order valence-corrected chi connectivity index (χ4v) is 3.61. The molecule has 3 aromatic rings. The number of hydrogen-bond acceptors (Lipinski definition) is 5. The topological polar surface area (TPSA) is 78.4 Å². The molecule has 0 radical (unpaired) electrons. The summed E-state index contributed by atoms with van der Waals surface area (Å²) in [5, 5.41) is 12.9. The van der Waals surface area contributed by atoms with Gasteiger partial charge in [-0.15, -0.1) is 0 Å². The molecule has 0 spiro atoms. The molecule has 2 heterocycles. The van der Waals surface area contributed by atoms with Crippen LogP contribution in [-0.4, -0.2) is 38.8 Å². The molecule has 2 N–H and O–H groups in total. The van der Waals surface area contributed by atoms with Gasteiger partial charge in [-0.25, -0.2) is 4.98 Å². The van der Waals surface area contributed by atoms with Gasteiger partial charge in [0.25, 0.3) is 5.91 Å². The molecule has 1 aromatic heterocycles. The second kappa shape index (κ2) is 9.10. The molecular weight excluding hydrogens is 423 g/mol. The Kier molecular flexibility index (Phi) is 6.29. The zero-order valence-corrected chi connectivity index (χ0v) is 17.6. The smallest absolute Gasteiger partial charge is 0.285 e. The van der Waals surface area contributed by atoms with Gasteiger partial charge in [0.15, 0.2) is 0 Å². The van der Waals surface area contributed by atoms with Crippen LogP contribution in [0.4, 0.5) is 0 Å². The van der Waals surface area contributed by atoms with Crippen molar-refractivity contribution in [1.82, 2.24) is 20.4 Å². The zero-order chi connectivity index (χ0) is 21.1. The van der Waals surface area contributed by atoms with Crippen molar-refractivity contribution >= 4 is 29.1 Å². The number of aliphatic hydroxyl groups is 1. The maximum Gasteiger partial charge on any atom is 0.285 e. The summed E-state index contributed by atoms with van der Waals surface area (Å²) in [5.41, 5.74) is 5.70. The lowest BCUT2D eigenvalue weighted by Crippen LogP contribution is -2.51. The predicted octanol–water partition coefficient (Wildman–Crippen LogP) is 4.57. The lowest BCUT2D eigenvalue weighted by Gasteiger charge is -2.31. The first-order valence-electron chi connectivity index (χ1n) is 9.66. The summed E-state index contributed by atoms with van der Waals surface area (Å²) in [6.07, 6.45) is 3.21. The SMILES string of the molecule is O=C(NN1CCCCC1O)c1cnc(-c2ccc(Cl)cc2)c(-c2ccc(Cl)cc2)n1. The first-order valence-corrected chi connectivity index (χ1v) is 10.4. The number of rotatable bonds is 4. The van der Waals surface area contributed by atoms with Crippen LogP contribution >= 0.6 is 23.2 Å². The molecule has 6 nitrogen and oxygen atoms in total. The van der Waals surface area contributed by atoms with Gasteiger partial charge in [-0.3, -0.25) is 15.2 Å². The quantitative estimate of drug-likeness (QED) is 0.618. The van der Waals surface area contributed by atoms with Crippen molar-refractivity contribution in [1.29, 1.82) is 0 Å². The number of halogens is 2. The molecule has 1 saturated heterocycles. The molecule has 4 rings (SSSR count). The third-order valence-electron chi connectivity index (χ3n) is 4.96. The van der Waals surface area contributed by atoms with E-state index in [-0.39, 0.29) is 5.69 Å². The minimum atomic E-state index is -0.695. The van der Waals surface area contributed by atoms with E-state index in [4.69, 9.17) is 23.2 Å². The van der Waals surface area contributed by atoms with E-state index < -0.39 is 12.1 Å². The standard InChI is InChI=1S/C22H20Cl2N4O2/c23-16-8-4-14(5-9-16)20-21(15-6-10-17(24)11-7-15)26-18(13-25-20)22(30)27-28-12-2-1-3-19(28)29/h4-11,13,19,29H,1-3,12H2,(H,27,30). The van der Waals surface area contributed by atoms with Gasteiger partial charge in [0.2, 0.25) is 0 Å². The molecule has 2 aromatic carbocycles. The van der Waals surface area contributed by atoms with Crippen LogP contribution in [0.1, 0.15) is 29.8 Å². The third-order valence-corrected chi connectivity index (χ3v) is 5.46. The van der Waals surface area contributed by atoms with Crippen LogP contribution in [0.3, 0.4) is 0 Å². The van der Waals surface area contributed by atoms with Crippen molar-refractivity contribution < 1.29 is 9.90 Å². The molecule has 0 saturated carbocycles. The summed E-state index contributed by atoms with van der Waals surface area (Å²) < 4.78 is 0. The van der Waals surface area contributed by atoms with Crippen molar-refractivity contribution in [2.45, 2.75) is 25.5 Å². The molecule has 30 heavy (non-hydrogen) atoms.